The number of aliphatic imine (C=N–C) groups is 1. The molecular weight excluding hydrogens is 447 g/mol. The van der Waals surface area contributed by atoms with Crippen LogP contribution in [0.25, 0.3) is 0 Å². The number of benzene rings is 1. The molecule has 0 saturated carbocycles. The van der Waals surface area contributed by atoms with E-state index in [9.17, 15) is 0 Å². The highest BCUT2D eigenvalue weighted by Crippen LogP contribution is 2.08. The van der Waals surface area contributed by atoms with Crippen molar-refractivity contribution in [2.75, 3.05) is 26.2 Å². The summed E-state index contributed by atoms with van der Waals surface area (Å²) in [5, 5.41) is 9.84. The second-order valence-electron chi connectivity index (χ2n) is 5.31. The molecule has 7 heteroatoms. The van der Waals surface area contributed by atoms with Gasteiger partial charge in [0.15, 0.2) is 5.96 Å². The van der Waals surface area contributed by atoms with Crippen LogP contribution < -0.4 is 15.4 Å². The number of rotatable bonds is 9. The second kappa shape index (κ2) is 12.9. The van der Waals surface area contributed by atoms with E-state index >= 15 is 0 Å². The first-order valence-corrected chi connectivity index (χ1v) is 9.27. The fourth-order valence-corrected chi connectivity index (χ4v) is 2.78. The van der Waals surface area contributed by atoms with Crippen LogP contribution in [0.5, 0.6) is 5.75 Å². The van der Waals surface area contributed by atoms with E-state index in [1.807, 2.05) is 37.3 Å². The van der Waals surface area contributed by atoms with E-state index < -0.39 is 0 Å². The number of hydrogen-bond donors (Lipinski definition) is 2. The quantitative estimate of drug-likeness (QED) is 0.252. The summed E-state index contributed by atoms with van der Waals surface area (Å²) in [6.45, 7) is 7.19. The van der Waals surface area contributed by atoms with Crippen LogP contribution in [0, 0.1) is 6.92 Å². The molecule has 0 aliphatic heterocycles. The lowest BCUT2D eigenvalue weighted by Gasteiger charge is -2.11. The van der Waals surface area contributed by atoms with Crippen molar-refractivity contribution >= 4 is 41.3 Å². The Morgan fingerprint density at radius 1 is 1.24 bits per heavy atom. The topological polar surface area (TPSA) is 58.5 Å². The average molecular weight is 474 g/mol. The highest BCUT2D eigenvalue weighted by Gasteiger charge is 2.00. The Morgan fingerprint density at radius 3 is 2.72 bits per heavy atom. The van der Waals surface area contributed by atoms with Gasteiger partial charge in [0.25, 0.3) is 0 Å². The molecule has 0 atom stereocenters. The van der Waals surface area contributed by atoms with Crippen molar-refractivity contribution in [1.82, 2.24) is 15.6 Å². The summed E-state index contributed by atoms with van der Waals surface area (Å²) in [7, 11) is 0. The maximum Gasteiger partial charge on any atom is 0.191 e. The van der Waals surface area contributed by atoms with Gasteiger partial charge in [-0.3, -0.25) is 4.99 Å². The molecule has 1 aromatic carbocycles. The van der Waals surface area contributed by atoms with E-state index in [1.165, 1.54) is 0 Å². The second-order valence-corrected chi connectivity index (χ2v) is 6.37. The van der Waals surface area contributed by atoms with Gasteiger partial charge >= 0.3 is 0 Å². The molecule has 0 aliphatic rings. The summed E-state index contributed by atoms with van der Waals surface area (Å²) < 4.78 is 5.67. The Hall–Kier alpha value is -1.35. The smallest absolute Gasteiger partial charge is 0.191 e. The van der Waals surface area contributed by atoms with Gasteiger partial charge in [-0.25, -0.2) is 4.98 Å². The predicted molar refractivity (Wildman–Crippen MR) is 117 cm³/mol. The average Bonchev–Trinajstić information content (AvgIpc) is 3.01. The molecular formula is C18H27IN4OS. The number of aryl methyl sites for hydroxylation is 1. The van der Waals surface area contributed by atoms with Crippen LogP contribution in [0.4, 0.5) is 0 Å². The Morgan fingerprint density at radius 2 is 2.04 bits per heavy atom. The van der Waals surface area contributed by atoms with Crippen molar-refractivity contribution in [3.8, 4) is 5.75 Å². The lowest BCUT2D eigenvalue weighted by molar-refractivity contribution is 0.313. The van der Waals surface area contributed by atoms with Crippen molar-refractivity contribution in [2.45, 2.75) is 26.7 Å². The molecule has 0 aliphatic carbocycles. The molecule has 25 heavy (non-hydrogen) atoms. The molecule has 0 fully saturated rings. The number of guanidine groups is 1. The van der Waals surface area contributed by atoms with E-state index in [2.05, 4.69) is 32.9 Å². The van der Waals surface area contributed by atoms with Gasteiger partial charge in [0, 0.05) is 37.9 Å². The highest BCUT2D eigenvalue weighted by atomic mass is 127. The molecule has 0 bridgehead atoms. The van der Waals surface area contributed by atoms with Crippen molar-refractivity contribution in [3.63, 3.8) is 0 Å². The fourth-order valence-electron chi connectivity index (χ4n) is 2.14. The number of thiazole rings is 1. The Balaban J connectivity index is 0.00000312. The standard InChI is InChI=1S/C18H26N4OS.HI/c1-3-19-18(21-12-10-16-14-24-15(2)22-16)20-11-7-13-23-17-8-5-4-6-9-17;/h4-6,8-9,14H,3,7,10-13H2,1-2H3,(H2,19,20,21);1H. The minimum absolute atomic E-state index is 0. The van der Waals surface area contributed by atoms with Gasteiger partial charge in [0.05, 0.1) is 17.3 Å². The minimum atomic E-state index is 0. The third-order valence-corrected chi connectivity index (χ3v) is 4.09. The lowest BCUT2D eigenvalue weighted by Crippen LogP contribution is -2.38. The summed E-state index contributed by atoms with van der Waals surface area (Å²) in [5.41, 5.74) is 1.14. The van der Waals surface area contributed by atoms with Crippen LogP contribution in [-0.2, 0) is 6.42 Å². The molecule has 2 aromatic rings. The van der Waals surface area contributed by atoms with Gasteiger partial charge in [-0.1, -0.05) is 18.2 Å². The first-order chi connectivity index (χ1) is 11.8. The molecule has 1 aromatic heterocycles. The van der Waals surface area contributed by atoms with Crippen molar-refractivity contribution in [1.29, 1.82) is 0 Å². The number of ether oxygens (including phenoxy) is 1. The fraction of sp³-hybridized carbons (Fsp3) is 0.444. The summed E-state index contributed by atoms with van der Waals surface area (Å²) >= 11 is 1.69. The molecule has 5 nitrogen and oxygen atoms in total. The van der Waals surface area contributed by atoms with Gasteiger partial charge in [-0.05, 0) is 26.0 Å². The largest absolute Gasteiger partial charge is 0.494 e. The van der Waals surface area contributed by atoms with Crippen LogP contribution >= 0.6 is 35.3 Å². The summed E-state index contributed by atoms with van der Waals surface area (Å²) in [6.07, 6.45) is 1.79. The molecule has 1 heterocycles. The molecule has 2 rings (SSSR count). The van der Waals surface area contributed by atoms with Gasteiger partial charge < -0.3 is 15.4 Å². The maximum absolute atomic E-state index is 5.67. The molecule has 0 radical (unpaired) electrons. The normalized spacial score (nSPS) is 10.9. The lowest BCUT2D eigenvalue weighted by atomic mass is 10.3. The Bertz CT molecular complexity index is 619. The van der Waals surface area contributed by atoms with Crippen LogP contribution in [0.15, 0.2) is 40.7 Å². The summed E-state index contributed by atoms with van der Waals surface area (Å²) in [4.78, 5) is 9.05. The monoisotopic (exact) mass is 474 g/mol. The van der Waals surface area contributed by atoms with Gasteiger partial charge in [-0.2, -0.15) is 0 Å². The van der Waals surface area contributed by atoms with Crippen LogP contribution in [-0.4, -0.2) is 37.2 Å². The number of halogens is 1. The molecule has 0 saturated heterocycles. The third kappa shape index (κ3) is 9.06. The van der Waals surface area contributed by atoms with E-state index in [-0.39, 0.29) is 24.0 Å². The van der Waals surface area contributed by atoms with Crippen molar-refractivity contribution in [3.05, 3.63) is 46.4 Å². The Labute approximate surface area is 171 Å². The molecule has 0 amide bonds. The van der Waals surface area contributed by atoms with Gasteiger partial charge in [-0.15, -0.1) is 35.3 Å². The first-order valence-electron chi connectivity index (χ1n) is 8.39. The highest BCUT2D eigenvalue weighted by molar-refractivity contribution is 14.0. The van der Waals surface area contributed by atoms with E-state index in [0.29, 0.717) is 6.61 Å². The summed E-state index contributed by atoms with van der Waals surface area (Å²) in [5.74, 6) is 1.76. The first kappa shape index (κ1) is 21.7. The third-order valence-electron chi connectivity index (χ3n) is 3.27. The number of para-hydroxylation sites is 1. The van der Waals surface area contributed by atoms with E-state index in [0.717, 1.165) is 54.9 Å². The van der Waals surface area contributed by atoms with Crippen LogP contribution in [0.2, 0.25) is 0 Å². The zero-order valence-corrected chi connectivity index (χ0v) is 18.0. The number of nitrogens with zero attached hydrogens (tertiary/aromatic N) is 2. The SMILES string of the molecule is CCNC(=NCCCOc1ccccc1)NCCc1csc(C)n1.I. The minimum Gasteiger partial charge on any atom is -0.494 e. The molecule has 2 N–H and O–H groups in total. The molecule has 0 spiro atoms. The predicted octanol–water partition coefficient (Wildman–Crippen LogP) is 3.64. The number of nitrogens with one attached hydrogen (secondary N) is 2. The van der Waals surface area contributed by atoms with Crippen LogP contribution in [0.1, 0.15) is 24.0 Å². The zero-order valence-electron chi connectivity index (χ0n) is 14.8. The number of aromatic nitrogens is 1. The number of hydrogen-bond acceptors (Lipinski definition) is 4. The van der Waals surface area contributed by atoms with Crippen molar-refractivity contribution < 1.29 is 4.74 Å². The Kier molecular flexibility index (Phi) is 11.2. The molecule has 0 unspecified atom stereocenters. The van der Waals surface area contributed by atoms with Crippen LogP contribution in [0.3, 0.4) is 0 Å². The van der Waals surface area contributed by atoms with Gasteiger partial charge in [0.1, 0.15) is 5.75 Å². The molecule has 138 valence electrons. The summed E-state index contributed by atoms with van der Waals surface area (Å²) in [6, 6.07) is 9.87. The van der Waals surface area contributed by atoms with E-state index in [1.54, 1.807) is 11.3 Å². The van der Waals surface area contributed by atoms with Gasteiger partial charge in [0.2, 0.25) is 0 Å². The van der Waals surface area contributed by atoms with Crippen molar-refractivity contribution in [2.24, 2.45) is 4.99 Å². The van der Waals surface area contributed by atoms with E-state index in [4.69, 9.17) is 4.74 Å². The zero-order chi connectivity index (χ0) is 17.0. The maximum atomic E-state index is 5.67.